The van der Waals surface area contributed by atoms with Crippen molar-refractivity contribution in [1.82, 2.24) is 9.97 Å². The molecule has 0 atom stereocenters. The van der Waals surface area contributed by atoms with Gasteiger partial charge in [-0.15, -0.1) is 0 Å². The molecule has 17 heavy (non-hydrogen) atoms. The largest absolute Gasteiger partial charge is 0.306 e. The Labute approximate surface area is 108 Å². The predicted molar refractivity (Wildman–Crippen MR) is 72.2 cm³/mol. The van der Waals surface area contributed by atoms with Crippen molar-refractivity contribution in [1.29, 1.82) is 0 Å². The fourth-order valence-electron chi connectivity index (χ4n) is 1.78. The van der Waals surface area contributed by atoms with Gasteiger partial charge in [0.15, 0.2) is 0 Å². The number of nitrogens with one attached hydrogen (secondary N) is 1. The van der Waals surface area contributed by atoms with Crippen LogP contribution in [0.5, 0.6) is 0 Å². The van der Waals surface area contributed by atoms with Crippen LogP contribution >= 0.6 is 15.9 Å². The van der Waals surface area contributed by atoms with E-state index in [-0.39, 0.29) is 5.56 Å². The summed E-state index contributed by atoms with van der Waals surface area (Å²) in [7, 11) is 0. The molecule has 0 spiro atoms. The zero-order valence-corrected chi connectivity index (χ0v) is 11.6. The summed E-state index contributed by atoms with van der Waals surface area (Å²) in [6.07, 6.45) is 0. The highest BCUT2D eigenvalue weighted by atomic mass is 79.9. The highest BCUT2D eigenvalue weighted by Gasteiger charge is 2.08. The Morgan fingerprint density at radius 2 is 1.94 bits per heavy atom. The lowest BCUT2D eigenvalue weighted by molar-refractivity contribution is 1.05. The Hall–Kier alpha value is -1.42. The van der Waals surface area contributed by atoms with Crippen LogP contribution < -0.4 is 5.56 Å². The third-order valence-electron chi connectivity index (χ3n) is 2.67. The molecule has 88 valence electrons. The van der Waals surface area contributed by atoms with Crippen molar-refractivity contribution in [2.75, 3.05) is 0 Å². The van der Waals surface area contributed by atoms with Crippen LogP contribution in [0.2, 0.25) is 0 Å². The van der Waals surface area contributed by atoms with E-state index in [0.29, 0.717) is 16.0 Å². The van der Waals surface area contributed by atoms with Gasteiger partial charge in [0.05, 0.1) is 5.69 Å². The number of halogens is 1. The minimum absolute atomic E-state index is 0.146. The molecule has 0 aliphatic carbocycles. The van der Waals surface area contributed by atoms with Gasteiger partial charge in [-0.3, -0.25) is 4.79 Å². The summed E-state index contributed by atoms with van der Waals surface area (Å²) in [5.74, 6) is 0.619. The standard InChI is InChI=1S/C13H13BrN2O/c1-7-4-5-10(8(2)6-7)12-15-9(3)11(14)13(17)16-12/h4-6H,1-3H3,(H,15,16,17). The number of H-pyrrole nitrogens is 1. The van der Waals surface area contributed by atoms with E-state index in [1.165, 1.54) is 5.56 Å². The summed E-state index contributed by atoms with van der Waals surface area (Å²) in [5, 5.41) is 0. The van der Waals surface area contributed by atoms with Crippen molar-refractivity contribution in [3.8, 4) is 11.4 Å². The maximum atomic E-state index is 11.7. The zero-order valence-electron chi connectivity index (χ0n) is 9.97. The van der Waals surface area contributed by atoms with Crippen LogP contribution in [0.15, 0.2) is 27.5 Å². The molecule has 1 aromatic heterocycles. The van der Waals surface area contributed by atoms with E-state index in [1.54, 1.807) is 0 Å². The Balaban J connectivity index is 2.65. The summed E-state index contributed by atoms with van der Waals surface area (Å²) >= 11 is 3.21. The Morgan fingerprint density at radius 1 is 1.24 bits per heavy atom. The van der Waals surface area contributed by atoms with Gasteiger partial charge in [0.1, 0.15) is 10.3 Å². The molecular formula is C13H13BrN2O. The molecule has 1 heterocycles. The third-order valence-corrected chi connectivity index (χ3v) is 3.60. The van der Waals surface area contributed by atoms with Gasteiger partial charge in [-0.2, -0.15) is 0 Å². The van der Waals surface area contributed by atoms with E-state index in [1.807, 2.05) is 32.9 Å². The molecule has 1 aromatic carbocycles. The van der Waals surface area contributed by atoms with Crippen LogP contribution in [0.4, 0.5) is 0 Å². The van der Waals surface area contributed by atoms with E-state index >= 15 is 0 Å². The van der Waals surface area contributed by atoms with E-state index in [2.05, 4.69) is 32.0 Å². The lowest BCUT2D eigenvalue weighted by Crippen LogP contribution is -2.12. The van der Waals surface area contributed by atoms with Crippen molar-refractivity contribution in [2.45, 2.75) is 20.8 Å². The summed E-state index contributed by atoms with van der Waals surface area (Å²) in [6.45, 7) is 5.87. The van der Waals surface area contributed by atoms with Crippen LogP contribution in [0.25, 0.3) is 11.4 Å². The summed E-state index contributed by atoms with van der Waals surface area (Å²) < 4.78 is 0.492. The number of aromatic nitrogens is 2. The number of benzene rings is 1. The molecule has 0 amide bonds. The first-order valence-electron chi connectivity index (χ1n) is 5.33. The van der Waals surface area contributed by atoms with Crippen LogP contribution in [0.1, 0.15) is 16.8 Å². The molecule has 4 heteroatoms. The fourth-order valence-corrected chi connectivity index (χ4v) is 1.97. The molecule has 0 saturated heterocycles. The zero-order chi connectivity index (χ0) is 12.6. The van der Waals surface area contributed by atoms with E-state index < -0.39 is 0 Å². The van der Waals surface area contributed by atoms with Crippen molar-refractivity contribution in [3.63, 3.8) is 0 Å². The smallest absolute Gasteiger partial charge is 0.265 e. The molecule has 0 aliphatic rings. The Bertz CT molecular complexity index is 632. The van der Waals surface area contributed by atoms with Crippen molar-refractivity contribution < 1.29 is 0 Å². The number of nitrogens with zero attached hydrogens (tertiary/aromatic N) is 1. The molecule has 0 unspecified atom stereocenters. The average Bonchev–Trinajstić information content (AvgIpc) is 2.25. The highest BCUT2D eigenvalue weighted by Crippen LogP contribution is 2.21. The molecule has 0 bridgehead atoms. The first-order chi connectivity index (χ1) is 7.99. The molecule has 1 N–H and O–H groups in total. The minimum atomic E-state index is -0.146. The Kier molecular flexibility index (Phi) is 3.15. The second-order valence-corrected chi connectivity index (χ2v) is 4.93. The van der Waals surface area contributed by atoms with Crippen LogP contribution in [-0.2, 0) is 0 Å². The van der Waals surface area contributed by atoms with Gasteiger partial charge in [-0.25, -0.2) is 4.98 Å². The average molecular weight is 293 g/mol. The first kappa shape index (κ1) is 12.0. The van der Waals surface area contributed by atoms with Gasteiger partial charge in [0.2, 0.25) is 0 Å². The quantitative estimate of drug-likeness (QED) is 0.878. The molecule has 0 radical (unpaired) electrons. The van der Waals surface area contributed by atoms with Crippen molar-refractivity contribution >= 4 is 15.9 Å². The number of aromatic amines is 1. The molecule has 0 fully saturated rings. The monoisotopic (exact) mass is 292 g/mol. The van der Waals surface area contributed by atoms with Gasteiger partial charge in [0.25, 0.3) is 5.56 Å². The molecule has 3 nitrogen and oxygen atoms in total. The molecule has 0 saturated carbocycles. The number of hydrogen-bond acceptors (Lipinski definition) is 2. The first-order valence-corrected chi connectivity index (χ1v) is 6.12. The maximum absolute atomic E-state index is 11.7. The Morgan fingerprint density at radius 3 is 2.53 bits per heavy atom. The van der Waals surface area contributed by atoms with Gasteiger partial charge in [0, 0.05) is 5.56 Å². The summed E-state index contributed by atoms with van der Waals surface area (Å²) in [6, 6.07) is 6.07. The molecular weight excluding hydrogens is 280 g/mol. The maximum Gasteiger partial charge on any atom is 0.265 e. The summed E-state index contributed by atoms with van der Waals surface area (Å²) in [4.78, 5) is 18.8. The SMILES string of the molecule is Cc1ccc(-c2nc(C)c(Br)c(=O)[nH]2)c(C)c1. The fraction of sp³-hybridized carbons (Fsp3) is 0.231. The summed E-state index contributed by atoms with van der Waals surface area (Å²) in [5.41, 5.74) is 3.82. The number of rotatable bonds is 1. The van der Waals surface area contributed by atoms with Crippen LogP contribution in [0.3, 0.4) is 0 Å². The van der Waals surface area contributed by atoms with Crippen molar-refractivity contribution in [3.05, 3.63) is 49.8 Å². The minimum Gasteiger partial charge on any atom is -0.306 e. The predicted octanol–water partition coefficient (Wildman–Crippen LogP) is 3.12. The topological polar surface area (TPSA) is 45.8 Å². The van der Waals surface area contributed by atoms with Gasteiger partial charge < -0.3 is 4.98 Å². The molecule has 2 rings (SSSR count). The highest BCUT2D eigenvalue weighted by molar-refractivity contribution is 9.10. The lowest BCUT2D eigenvalue weighted by Gasteiger charge is -2.07. The normalized spacial score (nSPS) is 10.6. The number of aryl methyl sites for hydroxylation is 3. The van der Waals surface area contributed by atoms with E-state index in [4.69, 9.17) is 0 Å². The van der Waals surface area contributed by atoms with Crippen molar-refractivity contribution in [2.24, 2.45) is 0 Å². The molecule has 0 aliphatic heterocycles. The number of hydrogen-bond donors (Lipinski definition) is 1. The van der Waals surface area contributed by atoms with Crippen LogP contribution in [0, 0.1) is 20.8 Å². The third kappa shape index (κ3) is 2.31. The van der Waals surface area contributed by atoms with Gasteiger partial charge >= 0.3 is 0 Å². The lowest BCUT2D eigenvalue weighted by atomic mass is 10.1. The second-order valence-electron chi connectivity index (χ2n) is 4.13. The molecule has 2 aromatic rings. The van der Waals surface area contributed by atoms with Gasteiger partial charge in [-0.1, -0.05) is 23.8 Å². The van der Waals surface area contributed by atoms with E-state index in [0.717, 1.165) is 11.1 Å². The van der Waals surface area contributed by atoms with Gasteiger partial charge in [-0.05, 0) is 42.3 Å². The van der Waals surface area contributed by atoms with Crippen LogP contribution in [-0.4, -0.2) is 9.97 Å². The second kappa shape index (κ2) is 4.45. The van der Waals surface area contributed by atoms with E-state index in [9.17, 15) is 4.79 Å².